The number of aliphatic hydroxyl groups is 1. The topological polar surface area (TPSA) is 80.0 Å². The SMILES string of the molecule is COc1ccc(/C(O)=C2/C(=O)C(=O)N(Cc3ccco3)C2c2ccc(Cl)cc2)cc1F. The molecule has 1 saturated heterocycles. The summed E-state index contributed by atoms with van der Waals surface area (Å²) < 4.78 is 24.4. The standard InChI is InChI=1S/C23H17ClFNO5/c1-30-18-9-6-14(11-17(18)25)21(27)19-20(13-4-7-15(24)8-5-13)26(23(29)22(19)28)12-16-3-2-10-31-16/h2-11,20,27H,12H2,1H3/b21-19-. The van der Waals surface area contributed by atoms with E-state index in [1.54, 1.807) is 36.4 Å². The van der Waals surface area contributed by atoms with Crippen LogP contribution in [0.25, 0.3) is 5.76 Å². The van der Waals surface area contributed by atoms with Gasteiger partial charge in [-0.1, -0.05) is 23.7 Å². The lowest BCUT2D eigenvalue weighted by molar-refractivity contribution is -0.140. The van der Waals surface area contributed by atoms with Crippen molar-refractivity contribution in [3.8, 4) is 5.75 Å². The average Bonchev–Trinajstić information content (AvgIpc) is 3.36. The maximum absolute atomic E-state index is 14.2. The van der Waals surface area contributed by atoms with Gasteiger partial charge in [-0.2, -0.15) is 0 Å². The lowest BCUT2D eigenvalue weighted by Crippen LogP contribution is -2.29. The fourth-order valence-electron chi connectivity index (χ4n) is 3.57. The Labute approximate surface area is 182 Å². The maximum Gasteiger partial charge on any atom is 0.296 e. The van der Waals surface area contributed by atoms with Gasteiger partial charge in [0.1, 0.15) is 11.5 Å². The van der Waals surface area contributed by atoms with Gasteiger partial charge in [0, 0.05) is 10.6 Å². The van der Waals surface area contributed by atoms with Gasteiger partial charge < -0.3 is 19.2 Å². The van der Waals surface area contributed by atoms with E-state index in [1.165, 1.54) is 30.4 Å². The second-order valence-corrected chi connectivity index (χ2v) is 7.34. The second-order valence-electron chi connectivity index (χ2n) is 6.91. The number of rotatable bonds is 5. The molecule has 1 amide bonds. The number of methoxy groups -OCH3 is 1. The van der Waals surface area contributed by atoms with Gasteiger partial charge in [0.15, 0.2) is 11.6 Å². The van der Waals surface area contributed by atoms with Gasteiger partial charge in [-0.05, 0) is 48.0 Å². The van der Waals surface area contributed by atoms with Gasteiger partial charge in [-0.3, -0.25) is 9.59 Å². The van der Waals surface area contributed by atoms with E-state index in [2.05, 4.69) is 0 Å². The molecule has 1 aromatic heterocycles. The van der Waals surface area contributed by atoms with Gasteiger partial charge in [0.2, 0.25) is 0 Å². The number of Topliss-reactive ketones (excluding diaryl/α,β-unsaturated/α-hetero) is 1. The highest BCUT2D eigenvalue weighted by molar-refractivity contribution is 6.46. The molecular formula is C23H17ClFNO5. The van der Waals surface area contributed by atoms with E-state index in [1.807, 2.05) is 0 Å². The molecule has 0 bridgehead atoms. The fraction of sp³-hybridized carbons (Fsp3) is 0.130. The molecule has 0 radical (unpaired) electrons. The third-order valence-corrected chi connectivity index (χ3v) is 5.31. The van der Waals surface area contributed by atoms with Gasteiger partial charge in [0.05, 0.1) is 31.5 Å². The molecule has 4 rings (SSSR count). The van der Waals surface area contributed by atoms with Gasteiger partial charge in [0.25, 0.3) is 11.7 Å². The molecule has 0 spiro atoms. The zero-order chi connectivity index (χ0) is 22.1. The summed E-state index contributed by atoms with van der Waals surface area (Å²) in [4.78, 5) is 27.1. The number of amides is 1. The molecule has 1 N–H and O–H groups in total. The van der Waals surface area contributed by atoms with Crippen LogP contribution in [0.1, 0.15) is 22.9 Å². The van der Waals surface area contributed by atoms with Crippen LogP contribution in [-0.4, -0.2) is 28.8 Å². The van der Waals surface area contributed by atoms with Crippen molar-refractivity contribution >= 4 is 29.1 Å². The molecule has 1 aliphatic heterocycles. The van der Waals surface area contributed by atoms with Crippen molar-refractivity contribution in [3.63, 3.8) is 0 Å². The van der Waals surface area contributed by atoms with Crippen molar-refractivity contribution < 1.29 is 28.2 Å². The molecule has 2 heterocycles. The molecule has 158 valence electrons. The summed E-state index contributed by atoms with van der Waals surface area (Å²) in [6.07, 6.45) is 1.46. The number of ether oxygens (including phenoxy) is 1. The Morgan fingerprint density at radius 3 is 2.55 bits per heavy atom. The summed E-state index contributed by atoms with van der Waals surface area (Å²) in [5, 5.41) is 11.4. The predicted octanol–water partition coefficient (Wildman–Crippen LogP) is 4.70. The zero-order valence-corrected chi connectivity index (χ0v) is 17.1. The van der Waals surface area contributed by atoms with Crippen molar-refractivity contribution in [2.45, 2.75) is 12.6 Å². The molecular weight excluding hydrogens is 425 g/mol. The molecule has 2 aromatic carbocycles. The number of halogens is 2. The van der Waals surface area contributed by atoms with Crippen molar-refractivity contribution in [1.82, 2.24) is 4.90 Å². The van der Waals surface area contributed by atoms with Gasteiger partial charge in [-0.15, -0.1) is 0 Å². The molecule has 0 saturated carbocycles. The first-order valence-corrected chi connectivity index (χ1v) is 9.68. The van der Waals surface area contributed by atoms with Crippen molar-refractivity contribution in [2.24, 2.45) is 0 Å². The number of hydrogen-bond donors (Lipinski definition) is 1. The number of hydrogen-bond acceptors (Lipinski definition) is 5. The van der Waals surface area contributed by atoms with Gasteiger partial charge in [-0.25, -0.2) is 4.39 Å². The van der Waals surface area contributed by atoms with E-state index in [-0.39, 0.29) is 23.4 Å². The highest BCUT2D eigenvalue weighted by Gasteiger charge is 2.46. The minimum absolute atomic E-state index is 0.0101. The van der Waals surface area contributed by atoms with Crippen LogP contribution in [0.3, 0.4) is 0 Å². The average molecular weight is 442 g/mol. The van der Waals surface area contributed by atoms with Crippen LogP contribution in [0.5, 0.6) is 5.75 Å². The van der Waals surface area contributed by atoms with Crippen molar-refractivity contribution in [3.05, 3.63) is 94.2 Å². The Hall–Kier alpha value is -3.58. The number of carbonyl (C=O) groups excluding carboxylic acids is 2. The highest BCUT2D eigenvalue weighted by Crippen LogP contribution is 2.40. The van der Waals surface area contributed by atoms with Gasteiger partial charge >= 0.3 is 0 Å². The summed E-state index contributed by atoms with van der Waals surface area (Å²) in [7, 11) is 1.32. The third kappa shape index (κ3) is 3.80. The molecule has 31 heavy (non-hydrogen) atoms. The van der Waals surface area contributed by atoms with Crippen LogP contribution >= 0.6 is 11.6 Å². The minimum atomic E-state index is -0.910. The molecule has 1 fully saturated rings. The Balaban J connectivity index is 1.86. The van der Waals surface area contributed by atoms with Crippen LogP contribution in [0, 0.1) is 5.82 Å². The number of likely N-dealkylation sites (tertiary alicyclic amines) is 1. The van der Waals surface area contributed by atoms with E-state index < -0.39 is 29.3 Å². The second kappa shape index (κ2) is 8.28. The summed E-state index contributed by atoms with van der Waals surface area (Å²) in [5.41, 5.74) is 0.461. The number of nitrogens with zero attached hydrogens (tertiary/aromatic N) is 1. The van der Waals surface area contributed by atoms with Crippen LogP contribution in [0.4, 0.5) is 4.39 Å². The van der Waals surface area contributed by atoms with Crippen LogP contribution in [-0.2, 0) is 16.1 Å². The normalized spacial score (nSPS) is 17.9. The first kappa shape index (κ1) is 20.7. The van der Waals surface area contributed by atoms with Crippen molar-refractivity contribution in [1.29, 1.82) is 0 Å². The summed E-state index contributed by atoms with van der Waals surface area (Å²) >= 11 is 5.99. The van der Waals surface area contributed by atoms with E-state index in [4.69, 9.17) is 20.8 Å². The quantitative estimate of drug-likeness (QED) is 0.352. The molecule has 8 heteroatoms. The molecule has 6 nitrogen and oxygen atoms in total. The Morgan fingerprint density at radius 1 is 1.19 bits per heavy atom. The summed E-state index contributed by atoms with van der Waals surface area (Å²) in [5.74, 6) is -2.41. The number of benzene rings is 2. The number of aliphatic hydroxyl groups excluding tert-OH is 1. The van der Waals surface area contributed by atoms with E-state index >= 15 is 0 Å². The number of furan rings is 1. The van der Waals surface area contributed by atoms with E-state index in [0.29, 0.717) is 16.3 Å². The van der Waals surface area contributed by atoms with Crippen molar-refractivity contribution in [2.75, 3.05) is 7.11 Å². The van der Waals surface area contributed by atoms with Crippen LogP contribution < -0.4 is 4.74 Å². The predicted molar refractivity (Wildman–Crippen MR) is 111 cm³/mol. The van der Waals surface area contributed by atoms with E-state index in [0.717, 1.165) is 6.07 Å². The smallest absolute Gasteiger partial charge is 0.296 e. The number of carbonyl (C=O) groups is 2. The largest absolute Gasteiger partial charge is 0.507 e. The Bertz CT molecular complexity index is 1170. The molecule has 0 aliphatic carbocycles. The van der Waals surface area contributed by atoms with Crippen LogP contribution in [0.2, 0.25) is 5.02 Å². The van der Waals surface area contributed by atoms with E-state index in [9.17, 15) is 19.1 Å². The lowest BCUT2D eigenvalue weighted by atomic mass is 9.95. The fourth-order valence-corrected chi connectivity index (χ4v) is 3.70. The molecule has 1 aliphatic rings. The maximum atomic E-state index is 14.2. The number of ketones is 1. The molecule has 3 aromatic rings. The Kier molecular flexibility index (Phi) is 5.52. The monoisotopic (exact) mass is 441 g/mol. The lowest BCUT2D eigenvalue weighted by Gasteiger charge is -2.24. The Morgan fingerprint density at radius 2 is 1.94 bits per heavy atom. The first-order valence-electron chi connectivity index (χ1n) is 9.31. The molecule has 1 unspecified atom stereocenters. The summed E-state index contributed by atoms with van der Waals surface area (Å²) in [6.45, 7) is 0.0125. The highest BCUT2D eigenvalue weighted by atomic mass is 35.5. The summed E-state index contributed by atoms with van der Waals surface area (Å²) in [6, 6.07) is 12.8. The third-order valence-electron chi connectivity index (χ3n) is 5.06. The molecule has 1 atom stereocenters. The minimum Gasteiger partial charge on any atom is -0.507 e. The first-order chi connectivity index (χ1) is 14.9. The zero-order valence-electron chi connectivity index (χ0n) is 16.3. The van der Waals surface area contributed by atoms with Crippen LogP contribution in [0.15, 0.2) is 70.9 Å².